The Labute approximate surface area is 185 Å². The predicted molar refractivity (Wildman–Crippen MR) is 126 cm³/mol. The molecule has 0 fully saturated rings. The summed E-state index contributed by atoms with van der Waals surface area (Å²) in [6, 6.07) is 17.8. The van der Waals surface area contributed by atoms with Crippen LogP contribution in [-0.2, 0) is 6.42 Å². The molecule has 0 saturated carbocycles. The number of halogens is 1. The molecule has 1 aromatic heterocycles. The number of aromatic nitrogens is 2. The van der Waals surface area contributed by atoms with Gasteiger partial charge < -0.3 is 0 Å². The average Bonchev–Trinajstić information content (AvgIpc) is 3.17. The highest BCUT2D eigenvalue weighted by molar-refractivity contribution is 5.60. The Morgan fingerprint density at radius 1 is 1.06 bits per heavy atom. The Balaban J connectivity index is 1.67. The van der Waals surface area contributed by atoms with Crippen LogP contribution in [0.3, 0.4) is 0 Å². The van der Waals surface area contributed by atoms with Crippen LogP contribution in [0.25, 0.3) is 11.8 Å². The Kier molecular flexibility index (Phi) is 6.10. The van der Waals surface area contributed by atoms with E-state index >= 15 is 0 Å². The lowest BCUT2D eigenvalue weighted by Gasteiger charge is -2.41. The van der Waals surface area contributed by atoms with Gasteiger partial charge in [0.25, 0.3) is 0 Å². The predicted octanol–water partition coefficient (Wildman–Crippen LogP) is 6.45. The van der Waals surface area contributed by atoms with E-state index in [1.165, 1.54) is 28.8 Å². The van der Waals surface area contributed by atoms with Gasteiger partial charge in [0.2, 0.25) is 0 Å². The van der Waals surface area contributed by atoms with E-state index in [1.54, 1.807) is 12.1 Å². The monoisotopic (exact) mass is 417 g/mol. The first-order valence-corrected chi connectivity index (χ1v) is 11.3. The van der Waals surface area contributed by atoms with Crippen LogP contribution in [0, 0.1) is 11.2 Å². The Bertz CT molecular complexity index is 1050. The molecule has 0 amide bonds. The minimum atomic E-state index is -0.229. The summed E-state index contributed by atoms with van der Waals surface area (Å²) in [5.74, 6) is -0.229. The first-order valence-electron chi connectivity index (χ1n) is 11.3. The number of benzene rings is 2. The van der Waals surface area contributed by atoms with Gasteiger partial charge in [-0.1, -0.05) is 56.7 Å². The van der Waals surface area contributed by atoms with Crippen molar-refractivity contribution in [1.29, 1.82) is 0 Å². The highest BCUT2D eigenvalue weighted by Crippen LogP contribution is 2.45. The quantitative estimate of drug-likeness (QED) is 0.440. The van der Waals surface area contributed by atoms with E-state index in [-0.39, 0.29) is 11.2 Å². The van der Waals surface area contributed by atoms with Gasteiger partial charge in [-0.2, -0.15) is 5.10 Å². The topological polar surface area (TPSA) is 21.1 Å². The smallest absolute Gasteiger partial charge is 0.123 e. The molecule has 1 aliphatic rings. The Hall–Kier alpha value is -2.72. The minimum absolute atomic E-state index is 0.0484. The van der Waals surface area contributed by atoms with Crippen molar-refractivity contribution in [2.45, 2.75) is 46.6 Å². The molecule has 0 radical (unpaired) electrons. The van der Waals surface area contributed by atoms with Gasteiger partial charge in [-0.3, -0.25) is 4.90 Å². The van der Waals surface area contributed by atoms with Gasteiger partial charge in [-0.05, 0) is 79.7 Å². The molecule has 4 heteroatoms. The van der Waals surface area contributed by atoms with Crippen molar-refractivity contribution < 1.29 is 4.39 Å². The van der Waals surface area contributed by atoms with Crippen molar-refractivity contribution in [3.8, 4) is 5.69 Å². The van der Waals surface area contributed by atoms with Gasteiger partial charge in [0.1, 0.15) is 5.82 Å². The van der Waals surface area contributed by atoms with E-state index in [9.17, 15) is 4.39 Å². The van der Waals surface area contributed by atoms with Crippen molar-refractivity contribution in [3.05, 3.63) is 89.0 Å². The molecule has 0 bridgehead atoms. The summed E-state index contributed by atoms with van der Waals surface area (Å²) in [5.41, 5.74) is 6.06. The normalized spacial score (nSPS) is 19.2. The van der Waals surface area contributed by atoms with Gasteiger partial charge in [-0.15, -0.1) is 0 Å². The maximum atomic E-state index is 13.4. The zero-order valence-electron chi connectivity index (χ0n) is 19.0. The van der Waals surface area contributed by atoms with Crippen molar-refractivity contribution in [3.63, 3.8) is 0 Å². The minimum Gasteiger partial charge on any atom is -0.297 e. The summed E-state index contributed by atoms with van der Waals surface area (Å²) >= 11 is 0. The largest absolute Gasteiger partial charge is 0.297 e. The zero-order valence-corrected chi connectivity index (χ0v) is 19.0. The summed E-state index contributed by atoms with van der Waals surface area (Å²) < 4.78 is 15.3. The molecule has 2 atom stereocenters. The number of hydrogen-bond donors (Lipinski definition) is 0. The molecule has 162 valence electrons. The molecule has 31 heavy (non-hydrogen) atoms. The van der Waals surface area contributed by atoms with Crippen molar-refractivity contribution in [1.82, 2.24) is 14.7 Å². The van der Waals surface area contributed by atoms with Gasteiger partial charge >= 0.3 is 0 Å². The van der Waals surface area contributed by atoms with Crippen LogP contribution in [0.2, 0.25) is 0 Å². The van der Waals surface area contributed by atoms with E-state index in [0.29, 0.717) is 6.04 Å². The first-order chi connectivity index (χ1) is 14.9. The second kappa shape index (κ2) is 8.80. The highest BCUT2D eigenvalue weighted by Gasteiger charge is 2.36. The summed E-state index contributed by atoms with van der Waals surface area (Å²) in [4.78, 5) is 2.56. The summed E-state index contributed by atoms with van der Waals surface area (Å²) in [5, 5.41) is 4.64. The molecule has 1 unspecified atom stereocenters. The fourth-order valence-corrected chi connectivity index (χ4v) is 4.87. The molecule has 3 aromatic rings. The van der Waals surface area contributed by atoms with Crippen LogP contribution in [0.5, 0.6) is 0 Å². The third kappa shape index (κ3) is 4.22. The second-order valence-electron chi connectivity index (χ2n) is 8.86. The van der Waals surface area contributed by atoms with Crippen molar-refractivity contribution in [2.24, 2.45) is 5.41 Å². The first kappa shape index (κ1) is 21.5. The summed E-state index contributed by atoms with van der Waals surface area (Å²) in [6.45, 7) is 11.2. The summed E-state index contributed by atoms with van der Waals surface area (Å²) in [7, 11) is 0. The third-order valence-electron chi connectivity index (χ3n) is 6.92. The molecule has 3 nitrogen and oxygen atoms in total. The van der Waals surface area contributed by atoms with E-state index in [1.807, 2.05) is 10.9 Å². The van der Waals surface area contributed by atoms with Crippen LogP contribution < -0.4 is 0 Å². The number of nitrogens with zero attached hydrogens (tertiary/aromatic N) is 3. The van der Waals surface area contributed by atoms with Crippen LogP contribution in [0.15, 0.2) is 66.4 Å². The second-order valence-corrected chi connectivity index (χ2v) is 8.86. The zero-order chi connectivity index (χ0) is 22.0. The fourth-order valence-electron chi connectivity index (χ4n) is 4.87. The maximum Gasteiger partial charge on any atom is 0.123 e. The number of hydrogen-bond acceptors (Lipinski definition) is 2. The van der Waals surface area contributed by atoms with Crippen LogP contribution in [-0.4, -0.2) is 27.8 Å². The molecule has 2 aromatic carbocycles. The Morgan fingerprint density at radius 3 is 2.39 bits per heavy atom. The Morgan fingerprint density at radius 2 is 1.74 bits per heavy atom. The van der Waals surface area contributed by atoms with Crippen LogP contribution in [0.4, 0.5) is 4.39 Å². The van der Waals surface area contributed by atoms with E-state index in [0.717, 1.165) is 37.3 Å². The molecular formula is C27H32FN3. The van der Waals surface area contributed by atoms with Gasteiger partial charge in [0.15, 0.2) is 0 Å². The van der Waals surface area contributed by atoms with E-state index < -0.39 is 0 Å². The lowest BCUT2D eigenvalue weighted by atomic mass is 9.69. The van der Waals surface area contributed by atoms with Crippen molar-refractivity contribution >= 4 is 6.08 Å². The third-order valence-corrected chi connectivity index (χ3v) is 6.92. The van der Waals surface area contributed by atoms with Gasteiger partial charge in [-0.25, -0.2) is 9.07 Å². The maximum absolute atomic E-state index is 13.4. The SMILES string of the molecule is CCN(CC)C(C[C@@]1(C)Cc2cnn(-c3ccc(F)cc3)c2C=C1C)c1ccccc1. The average molecular weight is 418 g/mol. The van der Waals surface area contributed by atoms with Gasteiger partial charge in [0, 0.05) is 6.04 Å². The lowest BCUT2D eigenvalue weighted by Crippen LogP contribution is -2.35. The molecule has 1 heterocycles. The van der Waals surface area contributed by atoms with Gasteiger partial charge in [0.05, 0.1) is 17.6 Å². The molecule has 0 saturated heterocycles. The number of fused-ring (bicyclic) bond motifs is 1. The van der Waals surface area contributed by atoms with Crippen LogP contribution >= 0.6 is 0 Å². The lowest BCUT2D eigenvalue weighted by molar-refractivity contribution is 0.161. The van der Waals surface area contributed by atoms with Crippen LogP contribution in [0.1, 0.15) is 57.0 Å². The molecule has 0 spiro atoms. The highest BCUT2D eigenvalue weighted by atomic mass is 19.1. The summed E-state index contributed by atoms with van der Waals surface area (Å²) in [6.07, 6.45) is 6.27. The van der Waals surface area contributed by atoms with E-state index in [2.05, 4.69) is 74.1 Å². The molecule has 0 N–H and O–H groups in total. The standard InChI is InChI=1S/C27H32FN3/c1-5-30(6-2)26(21-10-8-7-9-11-21)18-27(4)17-22-19-29-31(25(22)16-20(27)3)24-14-12-23(28)13-15-24/h7-16,19,26H,5-6,17-18H2,1-4H3/t26?,27-/m1/s1. The molecule has 0 aliphatic heterocycles. The molecule has 1 aliphatic carbocycles. The van der Waals surface area contributed by atoms with Crippen molar-refractivity contribution in [2.75, 3.05) is 13.1 Å². The number of allylic oxidation sites excluding steroid dienone is 1. The molecule has 4 rings (SSSR count). The van der Waals surface area contributed by atoms with E-state index in [4.69, 9.17) is 0 Å². The fraction of sp³-hybridized carbons (Fsp3) is 0.370. The molecular weight excluding hydrogens is 385 g/mol. The number of rotatable bonds is 7.